The van der Waals surface area contributed by atoms with Crippen molar-refractivity contribution >= 4 is 29.1 Å². The second kappa shape index (κ2) is 8.82. The van der Waals surface area contributed by atoms with Crippen LogP contribution in [0.1, 0.15) is 27.2 Å². The molecule has 0 aliphatic carbocycles. The van der Waals surface area contributed by atoms with Gasteiger partial charge < -0.3 is 11.1 Å². The fourth-order valence-electron chi connectivity index (χ4n) is 1.48. The lowest BCUT2D eigenvalue weighted by Crippen LogP contribution is -2.51. The van der Waals surface area contributed by atoms with E-state index >= 15 is 0 Å². The van der Waals surface area contributed by atoms with Crippen LogP contribution in [0.3, 0.4) is 0 Å². The molecule has 0 aliphatic rings. The number of thiocarbonyl (C=S) groups is 1. The summed E-state index contributed by atoms with van der Waals surface area (Å²) in [5, 5.41) is 4.78. The standard InChI is InChI=1S/C11H22N4O2S/c1-4-6-15(7-9(12)18)8(3)10(16)14-11(17)13-5-2/h8H,4-7H2,1-3H3,(H2,12,18)(H2,13,14,16,17). The number of imide groups is 1. The monoisotopic (exact) mass is 274 g/mol. The van der Waals surface area contributed by atoms with Gasteiger partial charge in [0.25, 0.3) is 0 Å². The van der Waals surface area contributed by atoms with E-state index in [0.717, 1.165) is 6.42 Å². The number of nitrogens with zero attached hydrogens (tertiary/aromatic N) is 1. The topological polar surface area (TPSA) is 87.5 Å². The van der Waals surface area contributed by atoms with E-state index in [0.29, 0.717) is 24.6 Å². The molecule has 4 N–H and O–H groups in total. The summed E-state index contributed by atoms with van der Waals surface area (Å²) >= 11 is 4.85. The maximum Gasteiger partial charge on any atom is 0.321 e. The minimum atomic E-state index is -0.485. The summed E-state index contributed by atoms with van der Waals surface area (Å²) in [6.07, 6.45) is 0.876. The number of urea groups is 1. The van der Waals surface area contributed by atoms with Crippen molar-refractivity contribution in [1.29, 1.82) is 0 Å². The number of amides is 3. The van der Waals surface area contributed by atoms with Crippen molar-refractivity contribution in [2.75, 3.05) is 19.6 Å². The molecule has 0 aromatic heterocycles. The first kappa shape index (κ1) is 16.8. The molecular weight excluding hydrogens is 252 g/mol. The maximum absolute atomic E-state index is 11.8. The van der Waals surface area contributed by atoms with Gasteiger partial charge in [0.2, 0.25) is 5.91 Å². The number of nitrogens with one attached hydrogen (secondary N) is 2. The summed E-state index contributed by atoms with van der Waals surface area (Å²) in [6, 6.07) is -0.935. The smallest absolute Gasteiger partial charge is 0.321 e. The summed E-state index contributed by atoms with van der Waals surface area (Å²) in [5.74, 6) is -0.356. The number of carbonyl (C=O) groups is 2. The Bertz CT molecular complexity index is 309. The van der Waals surface area contributed by atoms with Gasteiger partial charge in [0.05, 0.1) is 11.0 Å². The molecule has 3 amide bonds. The van der Waals surface area contributed by atoms with Crippen LogP contribution in [-0.4, -0.2) is 47.5 Å². The fraction of sp³-hybridized carbons (Fsp3) is 0.727. The molecule has 7 heteroatoms. The van der Waals surface area contributed by atoms with Gasteiger partial charge in [-0.25, -0.2) is 4.79 Å². The highest BCUT2D eigenvalue weighted by Gasteiger charge is 2.22. The third-order valence-electron chi connectivity index (χ3n) is 2.37. The van der Waals surface area contributed by atoms with Crippen LogP contribution in [0.25, 0.3) is 0 Å². The normalized spacial score (nSPS) is 12.0. The second-order valence-corrected chi connectivity index (χ2v) is 4.49. The van der Waals surface area contributed by atoms with E-state index in [1.165, 1.54) is 0 Å². The summed E-state index contributed by atoms with van der Waals surface area (Å²) < 4.78 is 0. The van der Waals surface area contributed by atoms with E-state index in [1.807, 2.05) is 11.8 Å². The van der Waals surface area contributed by atoms with E-state index in [1.54, 1.807) is 13.8 Å². The average molecular weight is 274 g/mol. The molecule has 0 aliphatic heterocycles. The zero-order chi connectivity index (χ0) is 14.1. The Kier molecular flexibility index (Phi) is 8.23. The first-order chi connectivity index (χ1) is 8.42. The summed E-state index contributed by atoms with van der Waals surface area (Å²) in [4.78, 5) is 25.3. The van der Waals surface area contributed by atoms with E-state index in [4.69, 9.17) is 18.0 Å². The van der Waals surface area contributed by atoms with Gasteiger partial charge in [-0.15, -0.1) is 0 Å². The molecule has 0 bridgehead atoms. The average Bonchev–Trinajstić information content (AvgIpc) is 2.27. The molecule has 0 spiro atoms. The molecule has 6 nitrogen and oxygen atoms in total. The Morgan fingerprint density at radius 2 is 2.00 bits per heavy atom. The van der Waals surface area contributed by atoms with Gasteiger partial charge in [-0.2, -0.15) is 0 Å². The lowest BCUT2D eigenvalue weighted by atomic mass is 10.2. The van der Waals surface area contributed by atoms with E-state index in [9.17, 15) is 9.59 Å². The Morgan fingerprint density at radius 3 is 2.44 bits per heavy atom. The zero-order valence-corrected chi connectivity index (χ0v) is 12.0. The molecule has 0 saturated heterocycles. The Hall–Kier alpha value is -1.21. The van der Waals surface area contributed by atoms with Crippen molar-refractivity contribution in [1.82, 2.24) is 15.5 Å². The van der Waals surface area contributed by atoms with Crippen LogP contribution in [0.15, 0.2) is 0 Å². The first-order valence-corrected chi connectivity index (χ1v) is 6.44. The Balaban J connectivity index is 4.45. The van der Waals surface area contributed by atoms with Gasteiger partial charge in [-0.05, 0) is 26.8 Å². The Morgan fingerprint density at radius 1 is 1.39 bits per heavy atom. The molecule has 18 heavy (non-hydrogen) atoms. The SMILES string of the molecule is CCCN(CC(N)=S)C(C)C(=O)NC(=O)NCC. The number of hydrogen-bond acceptors (Lipinski definition) is 4. The number of rotatable bonds is 7. The minimum Gasteiger partial charge on any atom is -0.392 e. The molecule has 0 heterocycles. The van der Waals surface area contributed by atoms with Crippen LogP contribution < -0.4 is 16.4 Å². The highest BCUT2D eigenvalue weighted by Crippen LogP contribution is 2.01. The summed E-state index contributed by atoms with van der Waals surface area (Å²) in [6.45, 7) is 7.04. The fourth-order valence-corrected chi connectivity index (χ4v) is 1.65. The largest absolute Gasteiger partial charge is 0.392 e. The van der Waals surface area contributed by atoms with Gasteiger partial charge >= 0.3 is 6.03 Å². The van der Waals surface area contributed by atoms with Crippen molar-refractivity contribution < 1.29 is 9.59 Å². The molecule has 1 atom stereocenters. The number of carbonyl (C=O) groups excluding carboxylic acids is 2. The third kappa shape index (κ3) is 6.51. The second-order valence-electron chi connectivity index (χ2n) is 3.96. The van der Waals surface area contributed by atoms with Gasteiger partial charge in [0, 0.05) is 13.1 Å². The van der Waals surface area contributed by atoms with Crippen molar-refractivity contribution in [2.24, 2.45) is 5.73 Å². The predicted molar refractivity (Wildman–Crippen MR) is 75.3 cm³/mol. The maximum atomic E-state index is 11.8. The molecule has 0 rings (SSSR count). The van der Waals surface area contributed by atoms with E-state index in [-0.39, 0.29) is 5.91 Å². The third-order valence-corrected chi connectivity index (χ3v) is 2.50. The van der Waals surface area contributed by atoms with Crippen LogP contribution in [0.2, 0.25) is 0 Å². The predicted octanol–water partition coefficient (Wildman–Crippen LogP) is 0.219. The summed E-state index contributed by atoms with van der Waals surface area (Å²) in [5.41, 5.74) is 5.49. The van der Waals surface area contributed by atoms with E-state index < -0.39 is 12.1 Å². The molecule has 0 aromatic carbocycles. The van der Waals surface area contributed by atoms with Crippen LogP contribution in [0, 0.1) is 0 Å². The molecule has 0 saturated carbocycles. The highest BCUT2D eigenvalue weighted by molar-refractivity contribution is 7.80. The number of hydrogen-bond donors (Lipinski definition) is 3. The lowest BCUT2D eigenvalue weighted by Gasteiger charge is -2.26. The van der Waals surface area contributed by atoms with E-state index in [2.05, 4.69) is 10.6 Å². The van der Waals surface area contributed by atoms with Gasteiger partial charge in [-0.3, -0.25) is 15.0 Å². The molecule has 1 unspecified atom stereocenters. The van der Waals surface area contributed by atoms with Crippen LogP contribution >= 0.6 is 12.2 Å². The van der Waals surface area contributed by atoms with Crippen molar-refractivity contribution in [3.63, 3.8) is 0 Å². The van der Waals surface area contributed by atoms with Crippen LogP contribution in [-0.2, 0) is 4.79 Å². The highest BCUT2D eigenvalue weighted by atomic mass is 32.1. The molecular formula is C11H22N4O2S. The lowest BCUT2D eigenvalue weighted by molar-refractivity contribution is -0.124. The van der Waals surface area contributed by atoms with Crippen molar-refractivity contribution in [3.05, 3.63) is 0 Å². The first-order valence-electron chi connectivity index (χ1n) is 6.03. The molecule has 0 aromatic rings. The Labute approximate surface area is 113 Å². The number of nitrogens with two attached hydrogens (primary N) is 1. The summed E-state index contributed by atoms with van der Waals surface area (Å²) in [7, 11) is 0. The van der Waals surface area contributed by atoms with Gasteiger partial charge in [-0.1, -0.05) is 19.1 Å². The van der Waals surface area contributed by atoms with Crippen LogP contribution in [0.5, 0.6) is 0 Å². The molecule has 0 radical (unpaired) electrons. The quantitative estimate of drug-likeness (QED) is 0.578. The van der Waals surface area contributed by atoms with Crippen molar-refractivity contribution in [2.45, 2.75) is 33.2 Å². The van der Waals surface area contributed by atoms with Crippen LogP contribution in [0.4, 0.5) is 4.79 Å². The van der Waals surface area contributed by atoms with Gasteiger partial charge in [0.1, 0.15) is 0 Å². The zero-order valence-electron chi connectivity index (χ0n) is 11.2. The molecule has 0 fully saturated rings. The van der Waals surface area contributed by atoms with Crippen molar-refractivity contribution in [3.8, 4) is 0 Å². The molecule has 104 valence electrons. The van der Waals surface area contributed by atoms with Gasteiger partial charge in [0.15, 0.2) is 0 Å². The minimum absolute atomic E-state index is 0.334.